The highest BCUT2D eigenvalue weighted by molar-refractivity contribution is 6.30. The number of rotatable bonds is 6. The summed E-state index contributed by atoms with van der Waals surface area (Å²) in [4.78, 5) is 13.1. The molecule has 0 aliphatic heterocycles. The standard InChI is InChI=1S/C14H20ClFN2O2/c1-9(6-14(20)18(2)3)17-13(8-19)10-4-5-11(15)12(16)7-10/h4-5,7,9,13,17,19H,6,8H2,1-3H3. The highest BCUT2D eigenvalue weighted by Crippen LogP contribution is 2.20. The molecule has 1 aromatic carbocycles. The van der Waals surface area contributed by atoms with E-state index >= 15 is 0 Å². The van der Waals surface area contributed by atoms with Crippen LogP contribution in [-0.4, -0.2) is 42.7 Å². The van der Waals surface area contributed by atoms with Crippen LogP contribution in [0.5, 0.6) is 0 Å². The van der Waals surface area contributed by atoms with Crippen LogP contribution in [0.4, 0.5) is 4.39 Å². The summed E-state index contributed by atoms with van der Waals surface area (Å²) in [6, 6.07) is 3.82. The quantitative estimate of drug-likeness (QED) is 0.845. The first-order chi connectivity index (χ1) is 9.35. The van der Waals surface area contributed by atoms with E-state index in [9.17, 15) is 14.3 Å². The molecule has 0 aliphatic carbocycles. The second kappa shape index (κ2) is 7.57. The van der Waals surface area contributed by atoms with Crippen molar-refractivity contribution in [3.05, 3.63) is 34.6 Å². The van der Waals surface area contributed by atoms with Gasteiger partial charge in [0, 0.05) is 26.6 Å². The molecule has 2 atom stereocenters. The Morgan fingerprint density at radius 1 is 1.50 bits per heavy atom. The van der Waals surface area contributed by atoms with E-state index in [0.717, 1.165) is 0 Å². The number of benzene rings is 1. The Kier molecular flexibility index (Phi) is 6.39. The molecule has 2 N–H and O–H groups in total. The summed E-state index contributed by atoms with van der Waals surface area (Å²) in [6.45, 7) is 1.65. The molecule has 0 fully saturated rings. The third kappa shape index (κ3) is 4.74. The van der Waals surface area contributed by atoms with E-state index < -0.39 is 11.9 Å². The summed E-state index contributed by atoms with van der Waals surface area (Å²) < 4.78 is 13.4. The molecule has 0 saturated carbocycles. The molecule has 0 spiro atoms. The van der Waals surface area contributed by atoms with Crippen LogP contribution in [0.15, 0.2) is 18.2 Å². The van der Waals surface area contributed by atoms with Crippen LogP contribution >= 0.6 is 11.6 Å². The van der Waals surface area contributed by atoms with Gasteiger partial charge >= 0.3 is 0 Å². The summed E-state index contributed by atoms with van der Waals surface area (Å²) in [5.74, 6) is -0.537. The summed E-state index contributed by atoms with van der Waals surface area (Å²) in [6.07, 6.45) is 0.305. The van der Waals surface area contributed by atoms with Gasteiger partial charge in [0.1, 0.15) is 5.82 Å². The molecule has 0 aromatic heterocycles. The first-order valence-electron chi connectivity index (χ1n) is 6.37. The zero-order valence-electron chi connectivity index (χ0n) is 11.9. The maximum absolute atomic E-state index is 13.4. The number of nitrogens with one attached hydrogen (secondary N) is 1. The summed E-state index contributed by atoms with van der Waals surface area (Å²) in [7, 11) is 3.38. The van der Waals surface area contributed by atoms with E-state index in [-0.39, 0.29) is 23.6 Å². The number of hydrogen-bond acceptors (Lipinski definition) is 3. The predicted octanol–water partition coefficient (Wildman–Crippen LogP) is 1.97. The van der Waals surface area contributed by atoms with Crippen molar-refractivity contribution in [2.45, 2.75) is 25.4 Å². The molecule has 4 nitrogen and oxygen atoms in total. The van der Waals surface area contributed by atoms with Crippen LogP contribution in [0.2, 0.25) is 5.02 Å². The van der Waals surface area contributed by atoms with Crippen LogP contribution in [0.25, 0.3) is 0 Å². The summed E-state index contributed by atoms with van der Waals surface area (Å²) >= 11 is 5.63. The normalized spacial score (nSPS) is 13.9. The predicted molar refractivity (Wildman–Crippen MR) is 77.1 cm³/mol. The Bertz CT molecular complexity index is 468. The highest BCUT2D eigenvalue weighted by Gasteiger charge is 2.17. The maximum atomic E-state index is 13.4. The third-order valence-electron chi connectivity index (χ3n) is 2.99. The molecule has 112 valence electrons. The fourth-order valence-electron chi connectivity index (χ4n) is 1.83. The Hall–Kier alpha value is -1.17. The van der Waals surface area contributed by atoms with Gasteiger partial charge in [0.15, 0.2) is 0 Å². The number of carbonyl (C=O) groups is 1. The van der Waals surface area contributed by atoms with Gasteiger partial charge in [-0.05, 0) is 24.6 Å². The number of aliphatic hydroxyl groups excluding tert-OH is 1. The van der Waals surface area contributed by atoms with Gasteiger partial charge in [0.2, 0.25) is 5.91 Å². The Morgan fingerprint density at radius 2 is 2.15 bits per heavy atom. The summed E-state index contributed by atoms with van der Waals surface area (Å²) in [5, 5.41) is 12.6. The molecule has 0 saturated heterocycles. The van der Waals surface area contributed by atoms with Crippen molar-refractivity contribution in [2.75, 3.05) is 20.7 Å². The van der Waals surface area contributed by atoms with Gasteiger partial charge < -0.3 is 15.3 Å². The SMILES string of the molecule is CC(CC(=O)N(C)C)NC(CO)c1ccc(Cl)c(F)c1. The van der Waals surface area contributed by atoms with Crippen molar-refractivity contribution >= 4 is 17.5 Å². The summed E-state index contributed by atoms with van der Waals surface area (Å²) in [5.41, 5.74) is 0.596. The highest BCUT2D eigenvalue weighted by atomic mass is 35.5. The van der Waals surface area contributed by atoms with E-state index in [1.165, 1.54) is 17.0 Å². The monoisotopic (exact) mass is 302 g/mol. The van der Waals surface area contributed by atoms with Gasteiger partial charge in [0.05, 0.1) is 17.7 Å². The first-order valence-corrected chi connectivity index (χ1v) is 6.75. The van der Waals surface area contributed by atoms with E-state index in [2.05, 4.69) is 5.32 Å². The Morgan fingerprint density at radius 3 is 2.65 bits per heavy atom. The van der Waals surface area contributed by atoms with Gasteiger partial charge in [-0.25, -0.2) is 4.39 Å². The van der Waals surface area contributed by atoms with Crippen molar-refractivity contribution in [2.24, 2.45) is 0 Å². The van der Waals surface area contributed by atoms with Gasteiger partial charge in [-0.1, -0.05) is 17.7 Å². The van der Waals surface area contributed by atoms with Crippen LogP contribution in [0, 0.1) is 5.82 Å². The third-order valence-corrected chi connectivity index (χ3v) is 3.30. The lowest BCUT2D eigenvalue weighted by atomic mass is 10.1. The molecule has 0 heterocycles. The largest absolute Gasteiger partial charge is 0.394 e. The number of nitrogens with zero attached hydrogens (tertiary/aromatic N) is 1. The molecule has 0 aliphatic rings. The minimum Gasteiger partial charge on any atom is -0.394 e. The van der Waals surface area contributed by atoms with E-state index in [4.69, 9.17) is 11.6 Å². The fraction of sp³-hybridized carbons (Fsp3) is 0.500. The van der Waals surface area contributed by atoms with Gasteiger partial charge in [-0.3, -0.25) is 4.79 Å². The number of hydrogen-bond donors (Lipinski definition) is 2. The second-order valence-corrected chi connectivity index (χ2v) is 5.38. The van der Waals surface area contributed by atoms with Crippen LogP contribution in [0.1, 0.15) is 24.9 Å². The lowest BCUT2D eigenvalue weighted by Crippen LogP contribution is -2.37. The first kappa shape index (κ1) is 16.9. The average Bonchev–Trinajstić information content (AvgIpc) is 2.39. The molecule has 6 heteroatoms. The van der Waals surface area contributed by atoms with Gasteiger partial charge in [-0.15, -0.1) is 0 Å². The van der Waals surface area contributed by atoms with Gasteiger partial charge in [-0.2, -0.15) is 0 Å². The lowest BCUT2D eigenvalue weighted by Gasteiger charge is -2.23. The topological polar surface area (TPSA) is 52.6 Å². The van der Waals surface area contributed by atoms with E-state index in [1.807, 2.05) is 6.92 Å². The number of aliphatic hydroxyl groups is 1. The second-order valence-electron chi connectivity index (χ2n) is 4.97. The molecule has 1 amide bonds. The molecule has 20 heavy (non-hydrogen) atoms. The smallest absolute Gasteiger partial charge is 0.223 e. The number of halogens is 2. The van der Waals surface area contributed by atoms with E-state index in [0.29, 0.717) is 12.0 Å². The molecule has 0 bridgehead atoms. The fourth-order valence-corrected chi connectivity index (χ4v) is 1.95. The molecule has 1 aromatic rings. The van der Waals surface area contributed by atoms with Gasteiger partial charge in [0.25, 0.3) is 0 Å². The Labute approximate surface area is 123 Å². The lowest BCUT2D eigenvalue weighted by molar-refractivity contribution is -0.129. The number of amides is 1. The Balaban J connectivity index is 2.71. The maximum Gasteiger partial charge on any atom is 0.223 e. The van der Waals surface area contributed by atoms with Crippen LogP contribution in [0.3, 0.4) is 0 Å². The molecule has 1 rings (SSSR count). The minimum atomic E-state index is -0.526. The zero-order chi connectivity index (χ0) is 15.3. The van der Waals surface area contributed by atoms with Crippen LogP contribution in [-0.2, 0) is 4.79 Å². The van der Waals surface area contributed by atoms with Crippen LogP contribution < -0.4 is 5.32 Å². The van der Waals surface area contributed by atoms with Crippen molar-refractivity contribution in [1.82, 2.24) is 10.2 Å². The van der Waals surface area contributed by atoms with Crippen molar-refractivity contribution in [3.8, 4) is 0 Å². The number of carbonyl (C=O) groups excluding carboxylic acids is 1. The van der Waals surface area contributed by atoms with E-state index in [1.54, 1.807) is 20.2 Å². The minimum absolute atomic E-state index is 0.0102. The zero-order valence-corrected chi connectivity index (χ0v) is 12.6. The molecular weight excluding hydrogens is 283 g/mol. The molecular formula is C14H20ClFN2O2. The molecule has 0 radical (unpaired) electrons. The van der Waals surface area contributed by atoms with Crippen molar-refractivity contribution in [3.63, 3.8) is 0 Å². The molecule has 2 unspecified atom stereocenters. The van der Waals surface area contributed by atoms with Crippen molar-refractivity contribution < 1.29 is 14.3 Å². The average molecular weight is 303 g/mol. The van der Waals surface area contributed by atoms with Crippen molar-refractivity contribution in [1.29, 1.82) is 0 Å².